The molecule has 0 spiro atoms. The fourth-order valence-corrected chi connectivity index (χ4v) is 10.4. The summed E-state index contributed by atoms with van der Waals surface area (Å²) in [5.41, 5.74) is 6.90. The first-order valence-corrected chi connectivity index (χ1v) is 22.0. The summed E-state index contributed by atoms with van der Waals surface area (Å²) in [6.07, 6.45) is 0. The fraction of sp³-hybridized carbons (Fsp3) is 0.0385. The van der Waals surface area contributed by atoms with Crippen molar-refractivity contribution in [2.24, 2.45) is 0 Å². The summed E-state index contributed by atoms with van der Waals surface area (Å²) in [6, 6.07) is 65.8. The molecule has 9 aromatic carbocycles. The third kappa shape index (κ3) is 6.57. The van der Waals surface area contributed by atoms with Crippen molar-refractivity contribution in [3.8, 4) is 11.5 Å². The molecule has 11 rings (SSSR count). The average molecular weight is 819 g/mol. The van der Waals surface area contributed by atoms with Gasteiger partial charge in [0.1, 0.15) is 33.8 Å². The molecule has 0 aliphatic carbocycles. The molecule has 0 radical (unpaired) electrons. The number of hydrogen-bond acceptors (Lipinski definition) is 6. The van der Waals surface area contributed by atoms with Crippen molar-refractivity contribution in [1.82, 2.24) is 0 Å². The Bertz CT molecular complexity index is 3160. The van der Waals surface area contributed by atoms with E-state index in [0.29, 0.717) is 33.8 Å². The van der Waals surface area contributed by atoms with Gasteiger partial charge in [0, 0.05) is 38.6 Å². The summed E-state index contributed by atoms with van der Waals surface area (Å²) < 4.78 is 40.7. The zero-order valence-electron chi connectivity index (χ0n) is 32.4. The summed E-state index contributed by atoms with van der Waals surface area (Å²) in [4.78, 5) is 0. The second-order valence-corrected chi connectivity index (χ2v) is 16.7. The maximum Gasteiger partial charge on any atom is 0.453 e. The molecule has 2 heterocycles. The van der Waals surface area contributed by atoms with E-state index in [1.807, 2.05) is 109 Å². The van der Waals surface area contributed by atoms with E-state index in [1.165, 1.54) is 0 Å². The van der Waals surface area contributed by atoms with Gasteiger partial charge in [0.25, 0.3) is 0 Å². The van der Waals surface area contributed by atoms with Crippen LogP contribution < -0.4 is 9.05 Å². The minimum absolute atomic E-state index is 0.407. The standard InChI is InChI=1S/C52H36O6P2/c1-34-26-28-37(29-27-34)50(51-38-16-4-2-14-35(38)30-32-48(51)57-59-53-44-22-10-6-18-40(44)41-19-7-11-23-45(41)54-59)52-39-17-5-3-15-36(39)31-33-49(52)58-60-55-46-24-12-8-20-42(46)43-21-9-13-25-47(43)56-60/h2-33,50H,1H3. The van der Waals surface area contributed by atoms with Crippen LogP contribution in [0.5, 0.6) is 11.5 Å². The minimum Gasteiger partial charge on any atom is -0.390 e. The second-order valence-electron chi connectivity index (χ2n) is 14.7. The zero-order valence-corrected chi connectivity index (χ0v) is 34.2. The van der Waals surface area contributed by atoms with E-state index >= 15 is 0 Å². The van der Waals surface area contributed by atoms with Crippen LogP contribution in [0.2, 0.25) is 0 Å². The molecule has 0 saturated heterocycles. The SMILES string of the molecule is Cc1ccc(C(c2c(Op3oc4ccccc4c4ccccc4o3)ccc3ccccc23)c2c(Op3oc4ccccc4c4ccccc4o3)ccc3ccccc23)cc1. The van der Waals surface area contributed by atoms with Gasteiger partial charge in [-0.25, -0.2) is 0 Å². The monoisotopic (exact) mass is 818 g/mol. The van der Waals surface area contributed by atoms with E-state index in [1.54, 1.807) is 0 Å². The van der Waals surface area contributed by atoms with Crippen molar-refractivity contribution in [3.05, 3.63) is 216 Å². The van der Waals surface area contributed by atoms with Crippen LogP contribution in [-0.2, 0) is 0 Å². The molecule has 11 aromatic rings. The van der Waals surface area contributed by atoms with Gasteiger partial charge in [-0.2, -0.15) is 0 Å². The van der Waals surface area contributed by atoms with E-state index in [4.69, 9.17) is 25.8 Å². The highest BCUT2D eigenvalue weighted by atomic mass is 31.1. The first-order chi connectivity index (χ1) is 29.6. The van der Waals surface area contributed by atoms with Crippen LogP contribution in [0.15, 0.2) is 211 Å². The Morgan fingerprint density at radius 2 is 0.683 bits per heavy atom. The van der Waals surface area contributed by atoms with Crippen LogP contribution in [0.1, 0.15) is 28.2 Å². The zero-order chi connectivity index (χ0) is 40.0. The first kappa shape index (κ1) is 36.0. The lowest BCUT2D eigenvalue weighted by atomic mass is 9.79. The molecule has 8 heteroatoms. The lowest BCUT2D eigenvalue weighted by Gasteiger charge is -2.26. The predicted octanol–water partition coefficient (Wildman–Crippen LogP) is 16.4. The summed E-state index contributed by atoms with van der Waals surface area (Å²) >= 11 is 0. The summed E-state index contributed by atoms with van der Waals surface area (Å²) in [7, 11) is -3.93. The van der Waals surface area contributed by atoms with E-state index < -0.39 is 22.4 Å². The molecule has 0 aliphatic heterocycles. The average Bonchev–Trinajstić information content (AvgIpc) is 3.55. The summed E-state index contributed by atoms with van der Waals surface area (Å²) in [5.74, 6) is 0.865. The number of rotatable bonds is 7. The molecular weight excluding hydrogens is 783 g/mol. The Kier molecular flexibility index (Phi) is 9.15. The topological polar surface area (TPSA) is 71.0 Å². The van der Waals surface area contributed by atoms with Gasteiger partial charge in [-0.05, 0) is 70.4 Å². The number of fused-ring (bicyclic) bond motifs is 8. The van der Waals surface area contributed by atoms with Crippen LogP contribution in [-0.4, -0.2) is 0 Å². The van der Waals surface area contributed by atoms with Crippen molar-refractivity contribution in [1.29, 1.82) is 0 Å². The van der Waals surface area contributed by atoms with Gasteiger partial charge < -0.3 is 25.8 Å². The van der Waals surface area contributed by atoms with Crippen LogP contribution >= 0.6 is 16.5 Å². The second kappa shape index (κ2) is 15.3. The number of aryl methyl sites for hydroxylation is 1. The van der Waals surface area contributed by atoms with Gasteiger partial charge in [0.05, 0.1) is 0 Å². The Balaban J connectivity index is 1.19. The molecule has 60 heavy (non-hydrogen) atoms. The minimum atomic E-state index is -1.96. The van der Waals surface area contributed by atoms with Crippen LogP contribution in [0, 0.1) is 6.92 Å². The largest absolute Gasteiger partial charge is 0.453 e. The maximum absolute atomic E-state index is 7.07. The van der Waals surface area contributed by atoms with Gasteiger partial charge in [-0.3, -0.25) is 0 Å². The highest BCUT2D eigenvalue weighted by molar-refractivity contribution is 7.32. The van der Waals surface area contributed by atoms with Gasteiger partial charge in [-0.1, -0.05) is 163 Å². The molecule has 0 atom stereocenters. The van der Waals surface area contributed by atoms with Crippen molar-refractivity contribution in [3.63, 3.8) is 0 Å². The van der Waals surface area contributed by atoms with Gasteiger partial charge in [-0.15, -0.1) is 0 Å². The van der Waals surface area contributed by atoms with Gasteiger partial charge in [0.2, 0.25) is 0 Å². The predicted molar refractivity (Wildman–Crippen MR) is 245 cm³/mol. The maximum atomic E-state index is 7.07. The molecule has 0 bridgehead atoms. The van der Waals surface area contributed by atoms with Crippen LogP contribution in [0.3, 0.4) is 0 Å². The van der Waals surface area contributed by atoms with Crippen molar-refractivity contribution < 1.29 is 25.8 Å². The quantitative estimate of drug-likeness (QED) is 0.149. The number of para-hydroxylation sites is 4. The smallest absolute Gasteiger partial charge is 0.390 e. The molecule has 0 fully saturated rings. The molecule has 0 aliphatic rings. The molecule has 0 unspecified atom stereocenters. The molecule has 2 aromatic heterocycles. The third-order valence-electron chi connectivity index (χ3n) is 11.0. The summed E-state index contributed by atoms with van der Waals surface area (Å²) in [5, 5.41) is 7.99. The molecular formula is C52H36O6P2. The highest BCUT2D eigenvalue weighted by Gasteiger charge is 2.30. The molecule has 0 N–H and O–H groups in total. The van der Waals surface area contributed by atoms with Crippen molar-refractivity contribution in [2.45, 2.75) is 12.8 Å². The number of hydrogen-bond donors (Lipinski definition) is 0. The molecule has 290 valence electrons. The highest BCUT2D eigenvalue weighted by Crippen LogP contribution is 2.51. The Morgan fingerprint density at radius 1 is 0.350 bits per heavy atom. The van der Waals surface area contributed by atoms with Crippen molar-refractivity contribution >= 4 is 81.9 Å². The van der Waals surface area contributed by atoms with E-state index in [0.717, 1.165) is 65.3 Å². The van der Waals surface area contributed by atoms with Crippen LogP contribution in [0.25, 0.3) is 65.4 Å². The van der Waals surface area contributed by atoms with E-state index in [-0.39, 0.29) is 0 Å². The molecule has 6 nitrogen and oxygen atoms in total. The Morgan fingerprint density at radius 3 is 1.07 bits per heavy atom. The third-order valence-corrected chi connectivity index (χ3v) is 13.1. The van der Waals surface area contributed by atoms with E-state index in [2.05, 4.69) is 91.9 Å². The van der Waals surface area contributed by atoms with Gasteiger partial charge in [0.15, 0.2) is 0 Å². The lowest BCUT2D eigenvalue weighted by molar-refractivity contribution is 0.490. The normalized spacial score (nSPS) is 11.6. The Hall–Kier alpha value is -7.10. The summed E-state index contributed by atoms with van der Waals surface area (Å²) in [6.45, 7) is 2.11. The first-order valence-electron chi connectivity index (χ1n) is 19.8. The Labute approximate surface area is 347 Å². The van der Waals surface area contributed by atoms with Crippen molar-refractivity contribution in [2.75, 3.05) is 0 Å². The van der Waals surface area contributed by atoms with E-state index in [9.17, 15) is 0 Å². The fourth-order valence-electron chi connectivity index (χ4n) is 8.21. The van der Waals surface area contributed by atoms with Crippen LogP contribution in [0.4, 0.5) is 0 Å². The number of benzene rings is 9. The molecule has 0 amide bonds. The van der Waals surface area contributed by atoms with Gasteiger partial charge >= 0.3 is 16.5 Å². The lowest BCUT2D eigenvalue weighted by Crippen LogP contribution is -2.08. The molecule has 0 saturated carbocycles.